The third kappa shape index (κ3) is 4.97. The van der Waals surface area contributed by atoms with Gasteiger partial charge in [-0.25, -0.2) is 4.39 Å². The molecule has 0 aliphatic rings. The van der Waals surface area contributed by atoms with Crippen molar-refractivity contribution in [2.45, 2.75) is 6.54 Å². The molecule has 0 radical (unpaired) electrons. The Kier molecular flexibility index (Phi) is 5.95. The van der Waals surface area contributed by atoms with Gasteiger partial charge in [0.05, 0.1) is 18.7 Å². The van der Waals surface area contributed by atoms with Gasteiger partial charge in [-0.3, -0.25) is 4.90 Å². The summed E-state index contributed by atoms with van der Waals surface area (Å²) in [4.78, 5) is 1.95. The Morgan fingerprint density at radius 2 is 1.83 bits per heavy atom. The predicted molar refractivity (Wildman–Crippen MR) is 85.9 cm³/mol. The Morgan fingerprint density at radius 3 is 2.48 bits per heavy atom. The number of likely N-dealkylation sites (N-methyl/N-ethyl adjacent to an activating group) is 1. The van der Waals surface area contributed by atoms with Crippen molar-refractivity contribution in [3.63, 3.8) is 0 Å². The van der Waals surface area contributed by atoms with Crippen LogP contribution < -0.4 is 9.47 Å². The Labute approximate surface area is 135 Å². The Morgan fingerprint density at radius 1 is 1.13 bits per heavy atom. The van der Waals surface area contributed by atoms with Gasteiger partial charge in [-0.15, -0.1) is 0 Å². The average Bonchev–Trinajstić information content (AvgIpc) is 2.57. The SMILES string of the molecule is COc1ccc(OCCN(C)Cc2cc(C#N)ccc2F)cc1. The smallest absolute Gasteiger partial charge is 0.127 e. The van der Waals surface area contributed by atoms with Gasteiger partial charge < -0.3 is 9.47 Å². The molecule has 0 aliphatic carbocycles. The molecule has 2 rings (SSSR count). The quantitative estimate of drug-likeness (QED) is 0.787. The lowest BCUT2D eigenvalue weighted by atomic mass is 10.1. The molecule has 0 aromatic heterocycles. The number of rotatable bonds is 7. The first kappa shape index (κ1) is 16.8. The van der Waals surface area contributed by atoms with Crippen LogP contribution in [0.5, 0.6) is 11.5 Å². The van der Waals surface area contributed by atoms with Gasteiger partial charge in [0.15, 0.2) is 0 Å². The highest BCUT2D eigenvalue weighted by Crippen LogP contribution is 2.17. The second kappa shape index (κ2) is 8.16. The van der Waals surface area contributed by atoms with Gasteiger partial charge in [0.25, 0.3) is 0 Å². The molecule has 0 amide bonds. The zero-order chi connectivity index (χ0) is 16.7. The molecule has 0 aliphatic heterocycles. The summed E-state index contributed by atoms with van der Waals surface area (Å²) < 4.78 is 24.5. The van der Waals surface area contributed by atoms with Crippen LogP contribution in [0.15, 0.2) is 42.5 Å². The van der Waals surface area contributed by atoms with Crippen molar-refractivity contribution in [1.82, 2.24) is 4.90 Å². The molecule has 0 bridgehead atoms. The molecule has 4 nitrogen and oxygen atoms in total. The molecule has 120 valence electrons. The normalized spacial score (nSPS) is 10.4. The summed E-state index contributed by atoms with van der Waals surface area (Å²) in [6, 6.07) is 13.8. The van der Waals surface area contributed by atoms with E-state index in [0.29, 0.717) is 30.8 Å². The highest BCUT2D eigenvalue weighted by Gasteiger charge is 2.07. The maximum atomic E-state index is 13.7. The summed E-state index contributed by atoms with van der Waals surface area (Å²) in [6.07, 6.45) is 0. The first-order chi connectivity index (χ1) is 11.1. The van der Waals surface area contributed by atoms with Crippen molar-refractivity contribution in [3.05, 3.63) is 59.4 Å². The van der Waals surface area contributed by atoms with Crippen molar-refractivity contribution < 1.29 is 13.9 Å². The molecule has 0 spiro atoms. The topological polar surface area (TPSA) is 45.5 Å². The standard InChI is InChI=1S/C18H19FN2O2/c1-21(13-15-11-14(12-20)3-8-18(15)19)9-10-23-17-6-4-16(22-2)5-7-17/h3-8,11H,9-10,13H2,1-2H3. The molecular weight excluding hydrogens is 295 g/mol. The summed E-state index contributed by atoms with van der Waals surface area (Å²) in [7, 11) is 3.50. The van der Waals surface area contributed by atoms with E-state index in [-0.39, 0.29) is 5.82 Å². The largest absolute Gasteiger partial charge is 0.497 e. The number of benzene rings is 2. The minimum atomic E-state index is -0.299. The first-order valence-electron chi connectivity index (χ1n) is 7.26. The lowest BCUT2D eigenvalue weighted by Gasteiger charge is -2.17. The number of hydrogen-bond donors (Lipinski definition) is 0. The average molecular weight is 314 g/mol. The molecule has 0 fully saturated rings. The van der Waals surface area contributed by atoms with Gasteiger partial charge in [-0.1, -0.05) is 0 Å². The number of nitriles is 1. The molecule has 0 heterocycles. The van der Waals surface area contributed by atoms with Gasteiger partial charge in [-0.2, -0.15) is 5.26 Å². The summed E-state index contributed by atoms with van der Waals surface area (Å²) in [5, 5.41) is 8.88. The molecule has 0 atom stereocenters. The highest BCUT2D eigenvalue weighted by atomic mass is 19.1. The summed E-state index contributed by atoms with van der Waals surface area (Å²) >= 11 is 0. The maximum absolute atomic E-state index is 13.7. The fourth-order valence-corrected chi connectivity index (χ4v) is 2.13. The third-order valence-electron chi connectivity index (χ3n) is 3.42. The highest BCUT2D eigenvalue weighted by molar-refractivity contribution is 5.33. The summed E-state index contributed by atoms with van der Waals surface area (Å²) in [5.41, 5.74) is 0.972. The number of ether oxygens (including phenoxy) is 2. The van der Waals surface area contributed by atoms with Gasteiger partial charge in [0.1, 0.15) is 23.9 Å². The van der Waals surface area contributed by atoms with E-state index in [1.54, 1.807) is 13.2 Å². The van der Waals surface area contributed by atoms with Gasteiger partial charge in [0, 0.05) is 18.7 Å². The van der Waals surface area contributed by atoms with Gasteiger partial charge in [0.2, 0.25) is 0 Å². The van der Waals surface area contributed by atoms with Crippen molar-refractivity contribution in [2.24, 2.45) is 0 Å². The van der Waals surface area contributed by atoms with Crippen LogP contribution in [-0.2, 0) is 6.54 Å². The molecule has 0 N–H and O–H groups in total. The molecule has 0 saturated carbocycles. The van der Waals surface area contributed by atoms with Crippen LogP contribution in [-0.4, -0.2) is 32.2 Å². The van der Waals surface area contributed by atoms with Crippen LogP contribution in [0.4, 0.5) is 4.39 Å². The third-order valence-corrected chi connectivity index (χ3v) is 3.42. The van der Waals surface area contributed by atoms with E-state index >= 15 is 0 Å². The lowest BCUT2D eigenvalue weighted by Crippen LogP contribution is -2.24. The zero-order valence-corrected chi connectivity index (χ0v) is 13.3. The second-order valence-corrected chi connectivity index (χ2v) is 5.18. The number of hydrogen-bond acceptors (Lipinski definition) is 4. The second-order valence-electron chi connectivity index (χ2n) is 5.18. The van der Waals surface area contributed by atoms with Crippen molar-refractivity contribution >= 4 is 0 Å². The van der Waals surface area contributed by atoms with Crippen LogP contribution in [0, 0.1) is 17.1 Å². The van der Waals surface area contributed by atoms with Crippen LogP contribution in [0.3, 0.4) is 0 Å². The minimum absolute atomic E-state index is 0.299. The van der Waals surface area contributed by atoms with Crippen LogP contribution >= 0.6 is 0 Å². The van der Waals surface area contributed by atoms with E-state index in [2.05, 4.69) is 0 Å². The molecule has 0 unspecified atom stereocenters. The van der Waals surface area contributed by atoms with E-state index < -0.39 is 0 Å². The van der Waals surface area contributed by atoms with E-state index in [4.69, 9.17) is 14.7 Å². The van der Waals surface area contributed by atoms with Gasteiger partial charge >= 0.3 is 0 Å². The summed E-state index contributed by atoms with van der Waals surface area (Å²) in [5.74, 6) is 1.24. The minimum Gasteiger partial charge on any atom is -0.497 e. The van der Waals surface area contributed by atoms with E-state index in [0.717, 1.165) is 11.5 Å². The number of halogens is 1. The molecule has 5 heteroatoms. The molecular formula is C18H19FN2O2. The van der Waals surface area contributed by atoms with Crippen molar-refractivity contribution in [3.8, 4) is 17.6 Å². The predicted octanol–water partition coefficient (Wildman–Crippen LogP) is 3.22. The van der Waals surface area contributed by atoms with Gasteiger partial charge in [-0.05, 0) is 49.5 Å². The Balaban J connectivity index is 1.83. The summed E-state index contributed by atoms with van der Waals surface area (Å²) in [6.45, 7) is 1.55. The van der Waals surface area contributed by atoms with Crippen LogP contribution in [0.2, 0.25) is 0 Å². The fourth-order valence-electron chi connectivity index (χ4n) is 2.13. The molecule has 2 aromatic rings. The first-order valence-corrected chi connectivity index (χ1v) is 7.26. The fraction of sp³-hybridized carbons (Fsp3) is 0.278. The van der Waals surface area contributed by atoms with E-state index in [1.165, 1.54) is 12.1 Å². The van der Waals surface area contributed by atoms with Crippen LogP contribution in [0.25, 0.3) is 0 Å². The Hall–Kier alpha value is -2.58. The molecule has 0 saturated heterocycles. The maximum Gasteiger partial charge on any atom is 0.127 e. The monoisotopic (exact) mass is 314 g/mol. The van der Waals surface area contributed by atoms with Crippen molar-refractivity contribution in [1.29, 1.82) is 5.26 Å². The molecule has 2 aromatic carbocycles. The number of nitrogens with zero attached hydrogens (tertiary/aromatic N) is 2. The van der Waals surface area contributed by atoms with E-state index in [1.807, 2.05) is 42.3 Å². The van der Waals surface area contributed by atoms with Crippen molar-refractivity contribution in [2.75, 3.05) is 27.3 Å². The van der Waals surface area contributed by atoms with E-state index in [9.17, 15) is 4.39 Å². The number of methoxy groups -OCH3 is 1. The van der Waals surface area contributed by atoms with Crippen LogP contribution in [0.1, 0.15) is 11.1 Å². The lowest BCUT2D eigenvalue weighted by molar-refractivity contribution is 0.231. The molecule has 23 heavy (non-hydrogen) atoms. The zero-order valence-electron chi connectivity index (χ0n) is 13.3. The Bertz CT molecular complexity index is 680.